The Bertz CT molecular complexity index is 344. The quantitative estimate of drug-likeness (QED) is 0.798. The number of rotatable bonds is 6. The standard InChI is InChI=1S/C14H21NO/c1-12-5-3-6-13(9-12)10-14(11-16-2)7-4-8-15/h3,5-6,9-10H,4,7-8,11,15H2,1-2H3/b14-10+. The highest BCUT2D eigenvalue weighted by Gasteiger charge is 1.98. The second-order valence-corrected chi connectivity index (χ2v) is 4.04. The van der Waals surface area contributed by atoms with E-state index in [-0.39, 0.29) is 0 Å². The summed E-state index contributed by atoms with van der Waals surface area (Å²) in [7, 11) is 1.73. The van der Waals surface area contributed by atoms with Crippen LogP contribution in [0.3, 0.4) is 0 Å². The average Bonchev–Trinajstić information content (AvgIpc) is 2.26. The Hall–Kier alpha value is -1.12. The van der Waals surface area contributed by atoms with Gasteiger partial charge in [-0.05, 0) is 37.4 Å². The third kappa shape index (κ3) is 4.60. The van der Waals surface area contributed by atoms with Gasteiger partial charge in [0.2, 0.25) is 0 Å². The predicted octanol–water partition coefficient (Wildman–Crippen LogP) is 2.76. The second kappa shape index (κ2) is 7.20. The lowest BCUT2D eigenvalue weighted by Crippen LogP contribution is -2.01. The Morgan fingerprint density at radius 2 is 2.25 bits per heavy atom. The molecule has 2 heteroatoms. The average molecular weight is 219 g/mol. The topological polar surface area (TPSA) is 35.2 Å². The first-order valence-corrected chi connectivity index (χ1v) is 5.71. The molecular weight excluding hydrogens is 198 g/mol. The normalized spacial score (nSPS) is 11.8. The van der Waals surface area contributed by atoms with Crippen molar-refractivity contribution >= 4 is 6.08 Å². The molecule has 88 valence electrons. The fourth-order valence-corrected chi connectivity index (χ4v) is 1.70. The number of hydrogen-bond donors (Lipinski definition) is 1. The lowest BCUT2D eigenvalue weighted by molar-refractivity contribution is 0.223. The molecule has 1 aromatic rings. The van der Waals surface area contributed by atoms with Gasteiger partial charge in [-0.25, -0.2) is 0 Å². The maximum Gasteiger partial charge on any atom is 0.0676 e. The van der Waals surface area contributed by atoms with Gasteiger partial charge < -0.3 is 10.5 Å². The molecule has 0 saturated carbocycles. The number of nitrogens with two attached hydrogens (primary N) is 1. The summed E-state index contributed by atoms with van der Waals surface area (Å²) in [5.41, 5.74) is 9.35. The van der Waals surface area contributed by atoms with Crippen molar-refractivity contribution in [3.8, 4) is 0 Å². The van der Waals surface area contributed by atoms with Gasteiger partial charge in [0.25, 0.3) is 0 Å². The molecular formula is C14H21NO. The van der Waals surface area contributed by atoms with Crippen LogP contribution in [0.1, 0.15) is 24.0 Å². The molecule has 0 unspecified atom stereocenters. The van der Waals surface area contributed by atoms with Gasteiger partial charge in [0.05, 0.1) is 6.61 Å². The molecule has 0 atom stereocenters. The highest BCUT2D eigenvalue weighted by molar-refractivity contribution is 5.53. The van der Waals surface area contributed by atoms with Crippen molar-refractivity contribution in [2.24, 2.45) is 5.73 Å². The van der Waals surface area contributed by atoms with Crippen molar-refractivity contribution in [1.82, 2.24) is 0 Å². The third-order valence-corrected chi connectivity index (χ3v) is 2.44. The number of ether oxygens (including phenoxy) is 1. The largest absolute Gasteiger partial charge is 0.380 e. The van der Waals surface area contributed by atoms with Crippen LogP contribution in [0.15, 0.2) is 29.8 Å². The second-order valence-electron chi connectivity index (χ2n) is 4.04. The van der Waals surface area contributed by atoms with Crippen LogP contribution in [-0.4, -0.2) is 20.3 Å². The van der Waals surface area contributed by atoms with Crippen LogP contribution in [0.4, 0.5) is 0 Å². The summed E-state index contributed by atoms with van der Waals surface area (Å²) >= 11 is 0. The lowest BCUT2D eigenvalue weighted by Gasteiger charge is -2.06. The molecule has 0 aromatic heterocycles. The van der Waals surface area contributed by atoms with E-state index in [1.54, 1.807) is 7.11 Å². The van der Waals surface area contributed by atoms with Gasteiger partial charge in [-0.15, -0.1) is 0 Å². The Labute approximate surface area is 98.1 Å². The maximum atomic E-state index is 5.52. The van der Waals surface area contributed by atoms with Gasteiger partial charge in [0, 0.05) is 7.11 Å². The van der Waals surface area contributed by atoms with E-state index in [0.717, 1.165) is 19.4 Å². The molecule has 1 aromatic carbocycles. The molecule has 0 bridgehead atoms. The predicted molar refractivity (Wildman–Crippen MR) is 69.3 cm³/mol. The fraction of sp³-hybridized carbons (Fsp3) is 0.429. The van der Waals surface area contributed by atoms with E-state index in [0.29, 0.717) is 6.61 Å². The molecule has 0 spiro atoms. The first-order valence-electron chi connectivity index (χ1n) is 5.71. The SMILES string of the molecule is COC/C(=C/c1cccc(C)c1)CCCN. The van der Waals surface area contributed by atoms with Gasteiger partial charge in [0.15, 0.2) is 0 Å². The van der Waals surface area contributed by atoms with E-state index in [1.165, 1.54) is 16.7 Å². The molecule has 2 nitrogen and oxygen atoms in total. The van der Waals surface area contributed by atoms with E-state index < -0.39 is 0 Å². The molecule has 0 aliphatic rings. The summed E-state index contributed by atoms with van der Waals surface area (Å²) in [5, 5.41) is 0. The number of methoxy groups -OCH3 is 1. The summed E-state index contributed by atoms with van der Waals surface area (Å²) in [5.74, 6) is 0. The number of benzene rings is 1. The Morgan fingerprint density at radius 1 is 1.44 bits per heavy atom. The Morgan fingerprint density at radius 3 is 2.88 bits per heavy atom. The monoisotopic (exact) mass is 219 g/mol. The minimum absolute atomic E-state index is 0.688. The molecule has 0 aliphatic carbocycles. The Balaban J connectivity index is 2.75. The lowest BCUT2D eigenvalue weighted by atomic mass is 10.1. The van der Waals surface area contributed by atoms with Gasteiger partial charge in [-0.3, -0.25) is 0 Å². The summed E-state index contributed by atoms with van der Waals surface area (Å²) < 4.78 is 5.19. The first kappa shape index (κ1) is 12.9. The van der Waals surface area contributed by atoms with Gasteiger partial charge in [0.1, 0.15) is 0 Å². The molecule has 0 heterocycles. The van der Waals surface area contributed by atoms with Crippen molar-refractivity contribution in [3.63, 3.8) is 0 Å². The van der Waals surface area contributed by atoms with E-state index in [2.05, 4.69) is 37.3 Å². The van der Waals surface area contributed by atoms with Crippen LogP contribution in [0.5, 0.6) is 0 Å². The zero-order valence-corrected chi connectivity index (χ0v) is 10.2. The van der Waals surface area contributed by atoms with E-state index in [4.69, 9.17) is 10.5 Å². The minimum Gasteiger partial charge on any atom is -0.380 e. The highest BCUT2D eigenvalue weighted by Crippen LogP contribution is 2.13. The van der Waals surface area contributed by atoms with E-state index >= 15 is 0 Å². The van der Waals surface area contributed by atoms with E-state index in [1.807, 2.05) is 0 Å². The van der Waals surface area contributed by atoms with E-state index in [9.17, 15) is 0 Å². The maximum absolute atomic E-state index is 5.52. The van der Waals surface area contributed by atoms with Crippen molar-refractivity contribution < 1.29 is 4.74 Å². The summed E-state index contributed by atoms with van der Waals surface area (Å²) in [6.07, 6.45) is 4.23. The van der Waals surface area contributed by atoms with Crippen molar-refractivity contribution in [2.45, 2.75) is 19.8 Å². The molecule has 16 heavy (non-hydrogen) atoms. The van der Waals surface area contributed by atoms with Gasteiger partial charge >= 0.3 is 0 Å². The highest BCUT2D eigenvalue weighted by atomic mass is 16.5. The molecule has 0 fully saturated rings. The van der Waals surface area contributed by atoms with Gasteiger partial charge in [-0.2, -0.15) is 0 Å². The van der Waals surface area contributed by atoms with Crippen LogP contribution in [0.2, 0.25) is 0 Å². The molecule has 0 amide bonds. The summed E-state index contributed by atoms with van der Waals surface area (Å²) in [6, 6.07) is 8.48. The van der Waals surface area contributed by atoms with Gasteiger partial charge in [-0.1, -0.05) is 35.9 Å². The molecule has 0 saturated heterocycles. The molecule has 1 rings (SSSR count). The Kier molecular flexibility index (Phi) is 5.83. The fourth-order valence-electron chi connectivity index (χ4n) is 1.70. The zero-order valence-electron chi connectivity index (χ0n) is 10.2. The summed E-state index contributed by atoms with van der Waals surface area (Å²) in [4.78, 5) is 0. The van der Waals surface area contributed by atoms with Crippen LogP contribution < -0.4 is 5.73 Å². The minimum atomic E-state index is 0.688. The van der Waals surface area contributed by atoms with Crippen molar-refractivity contribution in [3.05, 3.63) is 41.0 Å². The zero-order chi connectivity index (χ0) is 11.8. The summed E-state index contributed by atoms with van der Waals surface area (Å²) in [6.45, 7) is 3.52. The smallest absolute Gasteiger partial charge is 0.0676 e. The molecule has 0 radical (unpaired) electrons. The van der Waals surface area contributed by atoms with Crippen LogP contribution in [0.25, 0.3) is 6.08 Å². The van der Waals surface area contributed by atoms with Crippen LogP contribution in [-0.2, 0) is 4.74 Å². The number of hydrogen-bond acceptors (Lipinski definition) is 2. The van der Waals surface area contributed by atoms with Crippen molar-refractivity contribution in [2.75, 3.05) is 20.3 Å². The first-order chi connectivity index (χ1) is 7.76. The molecule has 0 aliphatic heterocycles. The molecule has 2 N–H and O–H groups in total. The van der Waals surface area contributed by atoms with Crippen LogP contribution in [0, 0.1) is 6.92 Å². The van der Waals surface area contributed by atoms with Crippen LogP contribution >= 0.6 is 0 Å². The third-order valence-electron chi connectivity index (χ3n) is 2.44. The number of aryl methyl sites for hydroxylation is 1. The van der Waals surface area contributed by atoms with Crippen molar-refractivity contribution in [1.29, 1.82) is 0 Å².